The van der Waals surface area contributed by atoms with Crippen LogP contribution in [0.4, 0.5) is 5.69 Å². The number of carbonyl (C=O) groups is 1. The molecular formula is C21H22BrNO3. The molecule has 0 aliphatic carbocycles. The Hall–Kier alpha value is -1.95. The van der Waals surface area contributed by atoms with Crippen LogP contribution in [0, 0.1) is 20.8 Å². The Labute approximate surface area is 161 Å². The smallest absolute Gasteiger partial charge is 0.231 e. The average Bonchev–Trinajstić information content (AvgIpc) is 2.68. The third-order valence-corrected chi connectivity index (χ3v) is 5.77. The number of aliphatic hydroxyl groups is 2. The maximum atomic E-state index is 13.0. The van der Waals surface area contributed by atoms with Gasteiger partial charge in [0.25, 0.3) is 0 Å². The molecule has 2 aromatic rings. The second-order valence-electron chi connectivity index (χ2n) is 6.81. The molecule has 26 heavy (non-hydrogen) atoms. The molecule has 1 amide bonds. The van der Waals surface area contributed by atoms with Gasteiger partial charge in [0.1, 0.15) is 0 Å². The highest BCUT2D eigenvalue weighted by atomic mass is 79.9. The fraction of sp³-hybridized carbons (Fsp3) is 0.286. The zero-order valence-corrected chi connectivity index (χ0v) is 16.7. The molecule has 5 heteroatoms. The van der Waals surface area contributed by atoms with Gasteiger partial charge in [0, 0.05) is 15.6 Å². The van der Waals surface area contributed by atoms with Crippen LogP contribution in [0.25, 0.3) is 4.48 Å². The molecule has 1 heterocycles. The topological polar surface area (TPSA) is 60.8 Å². The van der Waals surface area contributed by atoms with E-state index < -0.39 is 6.29 Å². The molecule has 0 fully saturated rings. The standard InChI is InChI=1S/C21H22BrNO3/c1-12-4-7-16-18(8-12)23(11-15-6-5-13(2)14(3)9-15)19(24)10-17(20(16)22)21(25)26/h4-9,21,25-26H,10-11H2,1-3H3. The van der Waals surface area contributed by atoms with Gasteiger partial charge in [0.2, 0.25) is 5.91 Å². The van der Waals surface area contributed by atoms with Crippen LogP contribution < -0.4 is 4.90 Å². The van der Waals surface area contributed by atoms with E-state index in [0.29, 0.717) is 11.0 Å². The van der Waals surface area contributed by atoms with E-state index in [0.717, 1.165) is 22.4 Å². The lowest BCUT2D eigenvalue weighted by molar-refractivity contribution is -0.119. The summed E-state index contributed by atoms with van der Waals surface area (Å²) in [6.45, 7) is 6.53. The van der Waals surface area contributed by atoms with Gasteiger partial charge < -0.3 is 15.1 Å². The number of amides is 1. The number of rotatable bonds is 3. The molecule has 2 aromatic carbocycles. The number of aryl methyl sites for hydroxylation is 3. The fourth-order valence-electron chi connectivity index (χ4n) is 3.16. The molecule has 0 saturated carbocycles. The molecule has 0 bridgehead atoms. The van der Waals surface area contributed by atoms with Gasteiger partial charge in [-0.2, -0.15) is 0 Å². The summed E-state index contributed by atoms with van der Waals surface area (Å²) in [5.41, 5.74) is 6.31. The average molecular weight is 416 g/mol. The number of benzene rings is 2. The van der Waals surface area contributed by atoms with Crippen molar-refractivity contribution < 1.29 is 15.0 Å². The van der Waals surface area contributed by atoms with E-state index in [1.165, 1.54) is 11.1 Å². The highest BCUT2D eigenvalue weighted by molar-refractivity contribution is 9.15. The highest BCUT2D eigenvalue weighted by Gasteiger charge is 2.29. The number of anilines is 1. The summed E-state index contributed by atoms with van der Waals surface area (Å²) in [6, 6.07) is 12.0. The first-order valence-corrected chi connectivity index (χ1v) is 9.29. The van der Waals surface area contributed by atoms with Crippen LogP contribution in [0.3, 0.4) is 0 Å². The van der Waals surface area contributed by atoms with E-state index in [2.05, 4.69) is 41.9 Å². The maximum absolute atomic E-state index is 13.0. The number of carbonyl (C=O) groups excluding carboxylic acids is 1. The maximum Gasteiger partial charge on any atom is 0.231 e. The summed E-state index contributed by atoms with van der Waals surface area (Å²) < 4.78 is 0.568. The molecule has 0 radical (unpaired) electrons. The first-order valence-electron chi connectivity index (χ1n) is 8.50. The van der Waals surface area contributed by atoms with Gasteiger partial charge in [0.05, 0.1) is 18.7 Å². The van der Waals surface area contributed by atoms with E-state index in [1.54, 1.807) is 4.90 Å². The van der Waals surface area contributed by atoms with Gasteiger partial charge in [-0.1, -0.05) is 30.3 Å². The predicted octanol–water partition coefficient (Wildman–Crippen LogP) is 3.97. The molecule has 3 rings (SSSR count). The van der Waals surface area contributed by atoms with Crippen molar-refractivity contribution in [3.63, 3.8) is 0 Å². The molecule has 136 valence electrons. The SMILES string of the molecule is Cc1ccc2c(c1)N(Cc1ccc(C)c(C)c1)C(=O)CC(C(O)O)=C2Br. The molecule has 0 saturated heterocycles. The monoisotopic (exact) mass is 415 g/mol. The van der Waals surface area contributed by atoms with Gasteiger partial charge in [-0.25, -0.2) is 0 Å². The van der Waals surface area contributed by atoms with Crippen LogP contribution in [0.2, 0.25) is 0 Å². The first kappa shape index (κ1) is 18.8. The van der Waals surface area contributed by atoms with Crippen molar-refractivity contribution in [2.75, 3.05) is 4.90 Å². The van der Waals surface area contributed by atoms with Crippen molar-refractivity contribution in [2.24, 2.45) is 0 Å². The first-order chi connectivity index (χ1) is 12.3. The molecule has 4 nitrogen and oxygen atoms in total. The molecular weight excluding hydrogens is 394 g/mol. The minimum Gasteiger partial charge on any atom is -0.365 e. The molecule has 0 aromatic heterocycles. The summed E-state index contributed by atoms with van der Waals surface area (Å²) in [7, 11) is 0. The summed E-state index contributed by atoms with van der Waals surface area (Å²) in [6.07, 6.45) is -1.72. The van der Waals surface area contributed by atoms with Gasteiger partial charge in [-0.05, 0) is 65.0 Å². The number of aliphatic hydroxyl groups excluding tert-OH is 1. The Morgan fingerprint density at radius 3 is 2.46 bits per heavy atom. The largest absolute Gasteiger partial charge is 0.365 e. The second-order valence-corrected chi connectivity index (χ2v) is 7.60. The Morgan fingerprint density at radius 1 is 1.08 bits per heavy atom. The van der Waals surface area contributed by atoms with Crippen molar-refractivity contribution >= 4 is 32.0 Å². The highest BCUT2D eigenvalue weighted by Crippen LogP contribution is 2.40. The van der Waals surface area contributed by atoms with Gasteiger partial charge >= 0.3 is 0 Å². The van der Waals surface area contributed by atoms with Gasteiger partial charge in [0.15, 0.2) is 6.29 Å². The lowest BCUT2D eigenvalue weighted by Crippen LogP contribution is -2.31. The van der Waals surface area contributed by atoms with Crippen molar-refractivity contribution in [1.82, 2.24) is 0 Å². The summed E-state index contributed by atoms with van der Waals surface area (Å²) in [4.78, 5) is 14.7. The molecule has 1 aliphatic heterocycles. The third-order valence-electron chi connectivity index (χ3n) is 4.83. The van der Waals surface area contributed by atoms with Gasteiger partial charge in [-0.15, -0.1) is 0 Å². The van der Waals surface area contributed by atoms with Crippen molar-refractivity contribution in [3.8, 4) is 0 Å². The van der Waals surface area contributed by atoms with Crippen molar-refractivity contribution in [2.45, 2.75) is 40.0 Å². The minimum absolute atomic E-state index is 0.0448. The predicted molar refractivity (Wildman–Crippen MR) is 107 cm³/mol. The molecule has 2 N–H and O–H groups in total. The summed E-state index contributed by atoms with van der Waals surface area (Å²) in [5, 5.41) is 19.4. The fourth-order valence-corrected chi connectivity index (χ4v) is 3.84. The van der Waals surface area contributed by atoms with E-state index in [4.69, 9.17) is 0 Å². The lowest BCUT2D eigenvalue weighted by Gasteiger charge is -2.24. The van der Waals surface area contributed by atoms with Crippen LogP contribution in [-0.4, -0.2) is 22.4 Å². The number of nitrogens with zero attached hydrogens (tertiary/aromatic N) is 1. The number of hydrogen-bond donors (Lipinski definition) is 2. The summed E-state index contributed by atoms with van der Waals surface area (Å²) >= 11 is 3.47. The Kier molecular flexibility index (Phi) is 5.32. The van der Waals surface area contributed by atoms with Crippen LogP contribution >= 0.6 is 15.9 Å². The van der Waals surface area contributed by atoms with Gasteiger partial charge in [-0.3, -0.25) is 4.79 Å². The number of halogens is 1. The van der Waals surface area contributed by atoms with E-state index in [-0.39, 0.29) is 17.9 Å². The Bertz CT molecular complexity index is 902. The van der Waals surface area contributed by atoms with E-state index >= 15 is 0 Å². The lowest BCUT2D eigenvalue weighted by atomic mass is 10.0. The Morgan fingerprint density at radius 2 is 1.81 bits per heavy atom. The number of fused-ring (bicyclic) bond motifs is 1. The van der Waals surface area contributed by atoms with Crippen LogP contribution in [0.1, 0.15) is 34.2 Å². The Balaban J connectivity index is 2.09. The second kappa shape index (κ2) is 7.35. The zero-order valence-electron chi connectivity index (χ0n) is 15.1. The molecule has 0 unspecified atom stereocenters. The van der Waals surface area contributed by atoms with E-state index in [9.17, 15) is 15.0 Å². The summed E-state index contributed by atoms with van der Waals surface area (Å²) in [5.74, 6) is -0.160. The minimum atomic E-state index is -1.68. The van der Waals surface area contributed by atoms with Crippen LogP contribution in [-0.2, 0) is 11.3 Å². The molecule has 0 atom stereocenters. The van der Waals surface area contributed by atoms with Crippen LogP contribution in [0.5, 0.6) is 0 Å². The normalized spacial score (nSPS) is 14.7. The quantitative estimate of drug-likeness (QED) is 0.745. The molecule has 1 aliphatic rings. The van der Waals surface area contributed by atoms with E-state index in [1.807, 2.05) is 31.2 Å². The third kappa shape index (κ3) is 3.61. The molecule has 0 spiro atoms. The van der Waals surface area contributed by atoms with Crippen LogP contribution in [0.15, 0.2) is 42.0 Å². The zero-order chi connectivity index (χ0) is 19.0. The van der Waals surface area contributed by atoms with Crippen molar-refractivity contribution in [3.05, 3.63) is 69.8 Å². The number of hydrogen-bond acceptors (Lipinski definition) is 3. The van der Waals surface area contributed by atoms with Crippen molar-refractivity contribution in [1.29, 1.82) is 0 Å².